The summed E-state index contributed by atoms with van der Waals surface area (Å²) >= 11 is 0. The van der Waals surface area contributed by atoms with Crippen molar-refractivity contribution in [3.05, 3.63) is 97.1 Å². The zero-order valence-corrected chi connectivity index (χ0v) is 27.4. The maximum atomic E-state index is 8.40. The first-order chi connectivity index (χ1) is 19.5. The average Bonchev–Trinajstić information content (AvgIpc) is 3.38. The van der Waals surface area contributed by atoms with Gasteiger partial charge in [0, 0.05) is 36.8 Å². The highest BCUT2D eigenvalue weighted by molar-refractivity contribution is 7.20. The van der Waals surface area contributed by atoms with E-state index in [2.05, 4.69) is 142 Å². The summed E-state index contributed by atoms with van der Waals surface area (Å²) in [4.78, 5) is 4.84. The molecule has 0 aromatic heterocycles. The highest BCUT2D eigenvalue weighted by Gasteiger charge is 2.70. The van der Waals surface area contributed by atoms with Crippen molar-refractivity contribution in [1.82, 2.24) is 0 Å². The molecule has 1 fully saturated rings. The molecule has 1 atom stereocenters. The summed E-state index contributed by atoms with van der Waals surface area (Å²) in [7, 11) is -2.54. The van der Waals surface area contributed by atoms with E-state index in [1.54, 1.807) is 0 Å². The molecule has 0 radical (unpaired) electrons. The second-order valence-corrected chi connectivity index (χ2v) is 25.4. The lowest BCUT2D eigenvalue weighted by atomic mass is 10.2. The average molecular weight is 577 g/mol. The molecule has 1 unspecified atom stereocenters. The SMILES string of the molecule is CC[Si](CC)(CC)C1C[Si]2(O[Si]13c1ccccc1N(C)c1ccccc13)c1ccccc1N(C)c1ccccc12. The minimum absolute atomic E-state index is 0.618. The summed E-state index contributed by atoms with van der Waals surface area (Å²) in [6.07, 6.45) is 0. The van der Waals surface area contributed by atoms with Crippen molar-refractivity contribution >= 4 is 68.2 Å². The molecule has 3 aliphatic heterocycles. The number of hydrogen-bond acceptors (Lipinski definition) is 3. The second kappa shape index (κ2) is 9.31. The summed E-state index contributed by atoms with van der Waals surface area (Å²) in [5.41, 5.74) is 5.38. The van der Waals surface area contributed by atoms with Crippen LogP contribution < -0.4 is 30.5 Å². The van der Waals surface area contributed by atoms with Crippen molar-refractivity contribution in [2.75, 3.05) is 23.9 Å². The number of fused-ring (bicyclic) bond motifs is 8. The molecule has 4 aromatic rings. The van der Waals surface area contributed by atoms with E-state index in [1.165, 1.54) is 67.7 Å². The lowest BCUT2D eigenvalue weighted by Crippen LogP contribution is -2.72. The van der Waals surface area contributed by atoms with Crippen molar-refractivity contribution in [3.63, 3.8) is 0 Å². The first-order valence-electron chi connectivity index (χ1n) is 15.0. The lowest BCUT2D eigenvalue weighted by molar-refractivity contribution is 0.599. The number of anilines is 4. The van der Waals surface area contributed by atoms with Gasteiger partial charge in [0.1, 0.15) is 0 Å². The summed E-state index contributed by atoms with van der Waals surface area (Å²) in [6.45, 7) is 7.49. The molecule has 40 heavy (non-hydrogen) atoms. The summed E-state index contributed by atoms with van der Waals surface area (Å²) in [6, 6.07) is 42.1. The Labute approximate surface area is 242 Å². The van der Waals surface area contributed by atoms with Crippen LogP contribution in [0.5, 0.6) is 0 Å². The summed E-state index contributed by atoms with van der Waals surface area (Å²) < 4.78 is 8.40. The number of hydrogen-bond donors (Lipinski definition) is 0. The van der Waals surface area contributed by atoms with Crippen LogP contribution in [-0.2, 0) is 4.12 Å². The van der Waals surface area contributed by atoms with Crippen molar-refractivity contribution in [3.8, 4) is 0 Å². The third kappa shape index (κ3) is 3.19. The maximum absolute atomic E-state index is 8.40. The number of para-hydroxylation sites is 4. The molecule has 0 saturated carbocycles. The molecule has 4 aromatic carbocycles. The predicted octanol–water partition coefficient (Wildman–Crippen LogP) is 6.12. The molecule has 6 heteroatoms. The fraction of sp³-hybridized carbons (Fsp3) is 0.294. The molecule has 0 bridgehead atoms. The molecular weight excluding hydrogens is 537 g/mol. The van der Waals surface area contributed by atoms with E-state index in [4.69, 9.17) is 4.12 Å². The molecule has 204 valence electrons. The Bertz CT molecular complexity index is 1500. The zero-order chi connectivity index (χ0) is 27.7. The van der Waals surface area contributed by atoms with Gasteiger partial charge in [0.2, 0.25) is 16.6 Å². The van der Waals surface area contributed by atoms with Gasteiger partial charge in [0.25, 0.3) is 0 Å². The van der Waals surface area contributed by atoms with E-state index >= 15 is 0 Å². The fourth-order valence-electron chi connectivity index (χ4n) is 8.70. The van der Waals surface area contributed by atoms with Gasteiger partial charge in [-0.2, -0.15) is 0 Å². The van der Waals surface area contributed by atoms with Crippen LogP contribution in [0, 0.1) is 0 Å². The van der Waals surface area contributed by atoms with Gasteiger partial charge in [0.15, 0.2) is 0 Å². The van der Waals surface area contributed by atoms with Crippen LogP contribution in [0.25, 0.3) is 0 Å². The normalized spacial score (nSPS) is 19.8. The van der Waals surface area contributed by atoms with Gasteiger partial charge >= 0.3 is 0 Å². The van der Waals surface area contributed by atoms with E-state index in [0.29, 0.717) is 5.16 Å². The number of nitrogens with zero attached hydrogens (tertiary/aromatic N) is 2. The smallest absolute Gasteiger partial charge is 0.250 e. The Hall–Kier alpha value is -2.91. The highest BCUT2D eigenvalue weighted by Crippen LogP contribution is 2.55. The van der Waals surface area contributed by atoms with Crippen molar-refractivity contribution in [2.24, 2.45) is 0 Å². The summed E-state index contributed by atoms with van der Waals surface area (Å²) in [5, 5.41) is 6.59. The minimum atomic E-state index is -2.69. The molecule has 3 nitrogen and oxygen atoms in total. The van der Waals surface area contributed by atoms with E-state index in [1.807, 2.05) is 0 Å². The number of benzene rings is 4. The van der Waals surface area contributed by atoms with Crippen LogP contribution in [0.3, 0.4) is 0 Å². The van der Waals surface area contributed by atoms with Crippen LogP contribution in [0.15, 0.2) is 97.1 Å². The molecular formula is C34H40N2OSi3. The second-order valence-electron chi connectivity index (χ2n) is 12.0. The molecule has 0 N–H and O–H groups in total. The third-order valence-corrected chi connectivity index (χ3v) is 30.6. The van der Waals surface area contributed by atoms with E-state index < -0.39 is 24.7 Å². The standard InChI is InChI=1S/C34H40N2OSi3/c1-6-38(7-2,8-3)34-25-39(30-21-13-9-17-26(30)35(4)27-18-10-14-22-31(27)39)37-40(34)32-23-15-11-19-28(32)36(5)29-20-12-16-24-33(29)40/h9-24,34H,6-8,25H2,1-5H3. The van der Waals surface area contributed by atoms with E-state index in [0.717, 1.165) is 0 Å². The Morgan fingerprint density at radius 2 is 0.950 bits per heavy atom. The van der Waals surface area contributed by atoms with Gasteiger partial charge in [-0.25, -0.2) is 0 Å². The first kappa shape index (κ1) is 26.0. The van der Waals surface area contributed by atoms with Crippen LogP contribution in [-0.4, -0.2) is 38.8 Å². The van der Waals surface area contributed by atoms with Gasteiger partial charge in [-0.1, -0.05) is 112 Å². The lowest BCUT2D eigenvalue weighted by Gasteiger charge is -2.49. The molecule has 0 aliphatic carbocycles. The van der Waals surface area contributed by atoms with Crippen molar-refractivity contribution in [1.29, 1.82) is 0 Å². The zero-order valence-electron chi connectivity index (χ0n) is 24.4. The van der Waals surface area contributed by atoms with E-state index in [9.17, 15) is 0 Å². The van der Waals surface area contributed by atoms with Gasteiger partial charge in [-0.05, 0) is 56.2 Å². The largest absolute Gasteiger partial charge is 0.442 e. The molecule has 7 rings (SSSR count). The topological polar surface area (TPSA) is 15.7 Å². The Morgan fingerprint density at radius 1 is 0.600 bits per heavy atom. The van der Waals surface area contributed by atoms with Gasteiger partial charge in [-0.3, -0.25) is 0 Å². The third-order valence-electron chi connectivity index (χ3n) is 10.9. The van der Waals surface area contributed by atoms with E-state index in [-0.39, 0.29) is 0 Å². The molecule has 1 saturated heterocycles. The molecule has 3 heterocycles. The monoisotopic (exact) mass is 576 g/mol. The minimum Gasteiger partial charge on any atom is -0.442 e. The Balaban J connectivity index is 1.62. The Morgan fingerprint density at radius 3 is 1.35 bits per heavy atom. The predicted molar refractivity (Wildman–Crippen MR) is 179 cm³/mol. The van der Waals surface area contributed by atoms with Gasteiger partial charge in [-0.15, -0.1) is 0 Å². The fourth-order valence-corrected chi connectivity index (χ4v) is 34.2. The quantitative estimate of drug-likeness (QED) is 0.273. The molecule has 2 spiro atoms. The van der Waals surface area contributed by atoms with Gasteiger partial charge < -0.3 is 13.9 Å². The van der Waals surface area contributed by atoms with Crippen LogP contribution in [0.4, 0.5) is 22.7 Å². The molecule has 3 aliphatic rings. The maximum Gasteiger partial charge on any atom is 0.250 e. The van der Waals surface area contributed by atoms with Crippen LogP contribution >= 0.6 is 0 Å². The molecule has 0 amide bonds. The van der Waals surface area contributed by atoms with Crippen LogP contribution in [0.1, 0.15) is 20.8 Å². The van der Waals surface area contributed by atoms with Gasteiger partial charge in [0.05, 0.1) is 8.07 Å². The van der Waals surface area contributed by atoms with Crippen LogP contribution in [0.2, 0.25) is 29.3 Å². The summed E-state index contributed by atoms with van der Waals surface area (Å²) in [5.74, 6) is 0. The number of rotatable bonds is 4. The first-order valence-corrected chi connectivity index (χ1v) is 21.8. The van der Waals surface area contributed by atoms with Crippen molar-refractivity contribution in [2.45, 2.75) is 50.1 Å². The highest BCUT2D eigenvalue weighted by atomic mass is 28.5. The van der Waals surface area contributed by atoms with Crippen molar-refractivity contribution < 1.29 is 4.12 Å². The Kier molecular flexibility index (Phi) is 6.06.